The van der Waals surface area contributed by atoms with Crippen LogP contribution in [0.1, 0.15) is 21.5 Å². The number of ether oxygens (including phenoxy) is 1. The van der Waals surface area contributed by atoms with E-state index in [0.717, 1.165) is 6.07 Å². The molecule has 0 amide bonds. The van der Waals surface area contributed by atoms with Crippen molar-refractivity contribution in [3.05, 3.63) is 77.6 Å². The summed E-state index contributed by atoms with van der Waals surface area (Å²) < 4.78 is 46.1. The normalized spacial score (nSPS) is 11.1. The largest absolute Gasteiger partial charge is 0.465 e. The molecule has 0 spiro atoms. The number of carbonyl (C=O) groups is 1. The van der Waals surface area contributed by atoms with Gasteiger partial charge in [0.05, 0.1) is 23.8 Å². The van der Waals surface area contributed by atoms with Crippen LogP contribution in [0.3, 0.4) is 0 Å². The van der Waals surface area contributed by atoms with Gasteiger partial charge < -0.3 is 9.30 Å². The second-order valence-electron chi connectivity index (χ2n) is 5.69. The SMILES string of the molecule is COC(=O)c1ccc(-n2cc(C#N)c(-c3ccccc3C(F)(F)F)c2)cc1. The number of nitriles is 1. The van der Waals surface area contributed by atoms with Crippen LogP contribution in [0.2, 0.25) is 0 Å². The Balaban J connectivity index is 2.08. The fraction of sp³-hybridized carbons (Fsp3) is 0.100. The quantitative estimate of drug-likeness (QED) is 0.621. The van der Waals surface area contributed by atoms with Gasteiger partial charge in [0.25, 0.3) is 0 Å². The first-order chi connectivity index (χ1) is 12.8. The third-order valence-electron chi connectivity index (χ3n) is 4.06. The zero-order chi connectivity index (χ0) is 19.6. The minimum atomic E-state index is -4.53. The molecule has 0 bridgehead atoms. The van der Waals surface area contributed by atoms with Crippen molar-refractivity contribution in [2.45, 2.75) is 6.18 Å². The van der Waals surface area contributed by atoms with E-state index in [0.29, 0.717) is 11.3 Å². The number of carbonyl (C=O) groups excluding carboxylic acids is 1. The van der Waals surface area contributed by atoms with Crippen LogP contribution in [-0.4, -0.2) is 17.6 Å². The smallest absolute Gasteiger partial charge is 0.417 e. The van der Waals surface area contributed by atoms with Crippen molar-refractivity contribution in [1.82, 2.24) is 4.57 Å². The van der Waals surface area contributed by atoms with Gasteiger partial charge in [0.1, 0.15) is 6.07 Å². The van der Waals surface area contributed by atoms with Crippen molar-refractivity contribution >= 4 is 5.97 Å². The van der Waals surface area contributed by atoms with Gasteiger partial charge in [-0.05, 0) is 35.9 Å². The van der Waals surface area contributed by atoms with Crippen LogP contribution in [0.5, 0.6) is 0 Å². The molecule has 7 heteroatoms. The molecular formula is C20H13F3N2O2. The fourth-order valence-electron chi connectivity index (χ4n) is 2.76. The molecule has 0 unspecified atom stereocenters. The lowest BCUT2D eigenvalue weighted by atomic mass is 9.99. The summed E-state index contributed by atoms with van der Waals surface area (Å²) in [5, 5.41) is 9.38. The maximum atomic E-state index is 13.3. The molecule has 0 saturated carbocycles. The Hall–Kier alpha value is -3.53. The molecule has 0 atom stereocenters. The van der Waals surface area contributed by atoms with E-state index in [9.17, 15) is 23.2 Å². The summed E-state index contributed by atoms with van der Waals surface area (Å²) in [7, 11) is 1.27. The van der Waals surface area contributed by atoms with Gasteiger partial charge in [0.2, 0.25) is 0 Å². The van der Waals surface area contributed by atoms with Crippen LogP contribution in [0.25, 0.3) is 16.8 Å². The van der Waals surface area contributed by atoms with E-state index in [2.05, 4.69) is 4.74 Å². The number of hydrogen-bond acceptors (Lipinski definition) is 3. The van der Waals surface area contributed by atoms with E-state index in [4.69, 9.17) is 0 Å². The molecule has 0 saturated heterocycles. The van der Waals surface area contributed by atoms with Gasteiger partial charge in [-0.25, -0.2) is 4.79 Å². The molecule has 1 aromatic heterocycles. The lowest BCUT2D eigenvalue weighted by Crippen LogP contribution is -2.06. The molecule has 0 fully saturated rings. The van der Waals surface area contributed by atoms with Crippen LogP contribution in [0.4, 0.5) is 13.2 Å². The van der Waals surface area contributed by atoms with Gasteiger partial charge >= 0.3 is 12.1 Å². The molecule has 3 rings (SSSR count). The van der Waals surface area contributed by atoms with Crippen molar-refractivity contribution < 1.29 is 22.7 Å². The summed E-state index contributed by atoms with van der Waals surface area (Å²) in [5.41, 5.74) is 0.365. The van der Waals surface area contributed by atoms with Crippen LogP contribution in [0.15, 0.2) is 60.9 Å². The van der Waals surface area contributed by atoms with Gasteiger partial charge in [0.15, 0.2) is 0 Å². The Morgan fingerprint density at radius 3 is 2.30 bits per heavy atom. The highest BCUT2D eigenvalue weighted by Crippen LogP contribution is 2.38. The number of alkyl halides is 3. The molecule has 136 valence electrons. The predicted octanol–water partition coefficient (Wildman–Crippen LogP) is 4.82. The highest BCUT2D eigenvalue weighted by molar-refractivity contribution is 5.89. The number of halogens is 3. The average Bonchev–Trinajstić information content (AvgIpc) is 3.11. The minimum absolute atomic E-state index is 0.0634. The van der Waals surface area contributed by atoms with E-state index in [1.54, 1.807) is 16.7 Å². The summed E-state index contributed by atoms with van der Waals surface area (Å²) in [6.45, 7) is 0. The number of benzene rings is 2. The van der Waals surface area contributed by atoms with Crippen molar-refractivity contribution in [1.29, 1.82) is 5.26 Å². The minimum Gasteiger partial charge on any atom is -0.465 e. The molecule has 0 aliphatic carbocycles. The molecule has 1 heterocycles. The maximum Gasteiger partial charge on any atom is 0.417 e. The maximum absolute atomic E-state index is 13.3. The monoisotopic (exact) mass is 370 g/mol. The highest BCUT2D eigenvalue weighted by atomic mass is 19.4. The first-order valence-electron chi connectivity index (χ1n) is 7.82. The van der Waals surface area contributed by atoms with Crippen molar-refractivity contribution in [2.24, 2.45) is 0 Å². The van der Waals surface area contributed by atoms with E-state index in [-0.39, 0.29) is 16.7 Å². The fourth-order valence-corrected chi connectivity index (χ4v) is 2.76. The summed E-state index contributed by atoms with van der Waals surface area (Å²) >= 11 is 0. The number of nitrogens with zero attached hydrogens (tertiary/aromatic N) is 2. The van der Waals surface area contributed by atoms with Crippen LogP contribution < -0.4 is 0 Å². The van der Waals surface area contributed by atoms with Gasteiger partial charge in [0, 0.05) is 23.6 Å². The van der Waals surface area contributed by atoms with Gasteiger partial charge in [-0.15, -0.1) is 0 Å². The molecule has 0 N–H and O–H groups in total. The Kier molecular flexibility index (Phi) is 4.74. The molecule has 2 aromatic carbocycles. The van der Waals surface area contributed by atoms with E-state index in [1.807, 2.05) is 6.07 Å². The molecule has 0 radical (unpaired) electrons. The number of hydrogen-bond donors (Lipinski definition) is 0. The van der Waals surface area contributed by atoms with Gasteiger partial charge in [-0.1, -0.05) is 18.2 Å². The number of rotatable bonds is 3. The molecule has 3 aromatic rings. The lowest BCUT2D eigenvalue weighted by molar-refractivity contribution is -0.137. The Bertz CT molecular complexity index is 1030. The Morgan fingerprint density at radius 1 is 1.04 bits per heavy atom. The Morgan fingerprint density at radius 2 is 1.70 bits per heavy atom. The third-order valence-corrected chi connectivity index (χ3v) is 4.06. The molecule has 27 heavy (non-hydrogen) atoms. The number of esters is 1. The Labute approximate surface area is 153 Å². The molecule has 4 nitrogen and oxygen atoms in total. The first kappa shape index (κ1) is 18.3. The highest BCUT2D eigenvalue weighted by Gasteiger charge is 2.34. The summed E-state index contributed by atoms with van der Waals surface area (Å²) in [6.07, 6.45) is -1.61. The van der Waals surface area contributed by atoms with Crippen LogP contribution in [-0.2, 0) is 10.9 Å². The van der Waals surface area contributed by atoms with E-state index in [1.165, 1.54) is 49.8 Å². The van der Waals surface area contributed by atoms with Crippen molar-refractivity contribution in [3.63, 3.8) is 0 Å². The lowest BCUT2D eigenvalue weighted by Gasteiger charge is -2.12. The molecular weight excluding hydrogens is 357 g/mol. The van der Waals surface area contributed by atoms with E-state index < -0.39 is 17.7 Å². The summed E-state index contributed by atoms with van der Waals surface area (Å²) in [4.78, 5) is 11.5. The van der Waals surface area contributed by atoms with Gasteiger partial charge in [-0.3, -0.25) is 0 Å². The second kappa shape index (κ2) is 7.00. The average molecular weight is 370 g/mol. The van der Waals surface area contributed by atoms with Crippen LogP contribution >= 0.6 is 0 Å². The predicted molar refractivity (Wildman–Crippen MR) is 92.3 cm³/mol. The third kappa shape index (κ3) is 3.55. The molecule has 0 aliphatic rings. The summed E-state index contributed by atoms with van der Waals surface area (Å²) in [6, 6.07) is 13.4. The molecule has 0 aliphatic heterocycles. The summed E-state index contributed by atoms with van der Waals surface area (Å²) in [5.74, 6) is -0.494. The zero-order valence-corrected chi connectivity index (χ0v) is 14.1. The first-order valence-corrected chi connectivity index (χ1v) is 7.82. The zero-order valence-electron chi connectivity index (χ0n) is 14.1. The van der Waals surface area contributed by atoms with Crippen molar-refractivity contribution in [3.8, 4) is 22.9 Å². The van der Waals surface area contributed by atoms with Crippen molar-refractivity contribution in [2.75, 3.05) is 7.11 Å². The van der Waals surface area contributed by atoms with Crippen LogP contribution in [0, 0.1) is 11.3 Å². The standard InChI is InChI=1S/C20H13F3N2O2/c1-27-19(26)13-6-8-15(9-7-13)25-11-14(10-24)17(12-25)16-4-2-3-5-18(16)20(21,22)23/h2-9,11-12H,1H3. The van der Waals surface area contributed by atoms with E-state index >= 15 is 0 Å². The number of methoxy groups -OCH3 is 1. The number of aromatic nitrogens is 1. The second-order valence-corrected chi connectivity index (χ2v) is 5.69. The topological polar surface area (TPSA) is 55.0 Å². The van der Waals surface area contributed by atoms with Gasteiger partial charge in [-0.2, -0.15) is 18.4 Å².